The van der Waals surface area contributed by atoms with Gasteiger partial charge >= 0.3 is 0 Å². The van der Waals surface area contributed by atoms with E-state index >= 15 is 0 Å². The van der Waals surface area contributed by atoms with Crippen molar-refractivity contribution in [3.63, 3.8) is 0 Å². The molecule has 0 radical (unpaired) electrons. The molecule has 0 spiro atoms. The largest absolute Gasteiger partial charge is 0.381 e. The molecular weight excluding hydrogens is 486 g/mol. The van der Waals surface area contributed by atoms with E-state index in [9.17, 15) is 13.2 Å². The molecule has 4 rings (SSSR count). The summed E-state index contributed by atoms with van der Waals surface area (Å²) < 4.78 is 29.0. The van der Waals surface area contributed by atoms with Gasteiger partial charge in [-0.05, 0) is 68.5 Å². The number of carbonyl (C=O) groups is 1. The van der Waals surface area contributed by atoms with E-state index in [0.29, 0.717) is 35.7 Å². The number of hydrogen-bond donors (Lipinski definition) is 2. The number of benzene rings is 2. The molecule has 35 heavy (non-hydrogen) atoms. The summed E-state index contributed by atoms with van der Waals surface area (Å²) in [5.74, 6) is 0.661. The molecule has 2 N–H and O–H groups in total. The van der Waals surface area contributed by atoms with Gasteiger partial charge in [0.05, 0.1) is 28.6 Å². The van der Waals surface area contributed by atoms with Gasteiger partial charge in [-0.15, -0.1) is 0 Å². The SMILES string of the molecule is Cc1noc(C)c1-c1ccc(NC2CCS(=O)(=O)CC2)c(NC(=O)[C@H](C)Cc2ccc(Cl)cc2)c1. The number of amides is 1. The Balaban J connectivity index is 1.58. The molecule has 1 amide bonds. The summed E-state index contributed by atoms with van der Waals surface area (Å²) in [6, 6.07) is 13.3. The van der Waals surface area contributed by atoms with Gasteiger partial charge in [-0.1, -0.05) is 41.9 Å². The number of anilines is 2. The van der Waals surface area contributed by atoms with Crippen LogP contribution in [0.15, 0.2) is 47.0 Å². The van der Waals surface area contributed by atoms with Gasteiger partial charge in [-0.2, -0.15) is 0 Å². The van der Waals surface area contributed by atoms with Crippen molar-refractivity contribution in [2.45, 2.75) is 46.1 Å². The van der Waals surface area contributed by atoms with Crippen molar-refractivity contribution >= 4 is 38.7 Å². The zero-order valence-corrected chi connectivity index (χ0v) is 21.7. The lowest BCUT2D eigenvalue weighted by molar-refractivity contribution is -0.119. The topological polar surface area (TPSA) is 101 Å². The number of rotatable bonds is 7. The normalized spacial score (nSPS) is 16.6. The van der Waals surface area contributed by atoms with Crippen molar-refractivity contribution < 1.29 is 17.7 Å². The lowest BCUT2D eigenvalue weighted by atomic mass is 9.99. The zero-order valence-electron chi connectivity index (χ0n) is 20.1. The molecule has 0 bridgehead atoms. The molecule has 186 valence electrons. The van der Waals surface area contributed by atoms with E-state index in [1.54, 1.807) is 0 Å². The molecule has 7 nitrogen and oxygen atoms in total. The minimum atomic E-state index is -2.96. The zero-order chi connectivity index (χ0) is 25.2. The number of aromatic nitrogens is 1. The molecule has 2 aromatic carbocycles. The fraction of sp³-hybridized carbons (Fsp3) is 0.385. The molecule has 1 aliphatic heterocycles. The molecule has 0 saturated carbocycles. The average molecular weight is 516 g/mol. The Morgan fingerprint density at radius 2 is 1.80 bits per heavy atom. The Bertz CT molecular complexity index is 1290. The highest BCUT2D eigenvalue weighted by Gasteiger charge is 2.25. The van der Waals surface area contributed by atoms with Crippen LogP contribution < -0.4 is 10.6 Å². The number of hydrogen-bond acceptors (Lipinski definition) is 6. The summed E-state index contributed by atoms with van der Waals surface area (Å²) in [5, 5.41) is 11.3. The van der Waals surface area contributed by atoms with E-state index in [2.05, 4.69) is 15.8 Å². The molecule has 1 atom stereocenters. The van der Waals surface area contributed by atoms with E-state index in [-0.39, 0.29) is 29.4 Å². The highest BCUT2D eigenvalue weighted by atomic mass is 35.5. The number of nitrogens with zero attached hydrogens (tertiary/aromatic N) is 1. The van der Waals surface area contributed by atoms with Crippen LogP contribution in [0, 0.1) is 19.8 Å². The lowest BCUT2D eigenvalue weighted by Gasteiger charge is -2.26. The first-order valence-electron chi connectivity index (χ1n) is 11.7. The number of aryl methyl sites for hydroxylation is 2. The standard InChI is InChI=1S/C26H30ClN3O4S/c1-16(14-19-4-7-21(27)8-5-19)26(31)29-24-15-20(25-17(2)30-34-18(25)3)6-9-23(24)28-22-10-12-35(32,33)13-11-22/h4-9,15-16,22,28H,10-14H2,1-3H3,(H,29,31)/t16-/m1/s1. The number of nitrogens with one attached hydrogen (secondary N) is 2. The summed E-state index contributed by atoms with van der Waals surface area (Å²) in [4.78, 5) is 13.2. The van der Waals surface area contributed by atoms with Crippen LogP contribution in [-0.2, 0) is 21.1 Å². The Hall–Kier alpha value is -2.84. The van der Waals surface area contributed by atoms with Gasteiger partial charge in [0.25, 0.3) is 0 Å². The van der Waals surface area contributed by atoms with Gasteiger partial charge in [-0.25, -0.2) is 8.42 Å². The Labute approximate surface area is 211 Å². The molecule has 1 aliphatic rings. The van der Waals surface area contributed by atoms with Gasteiger partial charge in [0.2, 0.25) is 5.91 Å². The molecule has 3 aromatic rings. The quantitative estimate of drug-likeness (QED) is 0.435. The van der Waals surface area contributed by atoms with Crippen LogP contribution in [-0.4, -0.2) is 37.0 Å². The summed E-state index contributed by atoms with van der Waals surface area (Å²) >= 11 is 5.98. The second-order valence-electron chi connectivity index (χ2n) is 9.25. The monoisotopic (exact) mass is 515 g/mol. The third-order valence-corrected chi connectivity index (χ3v) is 8.38. The summed E-state index contributed by atoms with van der Waals surface area (Å²) in [5.41, 5.74) is 4.99. The van der Waals surface area contributed by atoms with Gasteiger partial charge < -0.3 is 15.2 Å². The van der Waals surface area contributed by atoms with Crippen LogP contribution in [0.5, 0.6) is 0 Å². The van der Waals surface area contributed by atoms with Crippen molar-refractivity contribution in [2.24, 2.45) is 5.92 Å². The fourth-order valence-corrected chi connectivity index (χ4v) is 6.02. The van der Waals surface area contributed by atoms with E-state index in [1.165, 1.54) is 0 Å². The van der Waals surface area contributed by atoms with Crippen LogP contribution in [0.4, 0.5) is 11.4 Å². The molecule has 1 fully saturated rings. The van der Waals surface area contributed by atoms with Crippen molar-refractivity contribution in [3.8, 4) is 11.1 Å². The minimum Gasteiger partial charge on any atom is -0.381 e. The van der Waals surface area contributed by atoms with E-state index < -0.39 is 9.84 Å². The van der Waals surface area contributed by atoms with E-state index in [1.807, 2.05) is 63.2 Å². The van der Waals surface area contributed by atoms with Crippen LogP contribution in [0.2, 0.25) is 5.02 Å². The van der Waals surface area contributed by atoms with Gasteiger partial charge in [-0.3, -0.25) is 4.79 Å². The lowest BCUT2D eigenvalue weighted by Crippen LogP contribution is -2.32. The predicted octanol–water partition coefficient (Wildman–Crippen LogP) is 5.42. The third-order valence-electron chi connectivity index (χ3n) is 6.42. The van der Waals surface area contributed by atoms with Crippen LogP contribution in [0.25, 0.3) is 11.1 Å². The Morgan fingerprint density at radius 1 is 1.11 bits per heavy atom. The van der Waals surface area contributed by atoms with Crippen LogP contribution in [0.1, 0.15) is 36.8 Å². The third kappa shape index (κ3) is 6.24. The predicted molar refractivity (Wildman–Crippen MR) is 140 cm³/mol. The fourth-order valence-electron chi connectivity index (χ4n) is 4.40. The van der Waals surface area contributed by atoms with Crippen LogP contribution in [0.3, 0.4) is 0 Å². The summed E-state index contributed by atoms with van der Waals surface area (Å²) in [7, 11) is -2.96. The van der Waals surface area contributed by atoms with Gasteiger partial charge in [0.1, 0.15) is 15.6 Å². The Morgan fingerprint density at radius 3 is 2.43 bits per heavy atom. The van der Waals surface area contributed by atoms with Crippen LogP contribution >= 0.6 is 11.6 Å². The highest BCUT2D eigenvalue weighted by Crippen LogP contribution is 2.34. The number of sulfone groups is 1. The number of halogens is 1. The first-order valence-corrected chi connectivity index (χ1v) is 13.9. The second kappa shape index (κ2) is 10.4. The maximum atomic E-state index is 13.2. The molecule has 9 heteroatoms. The second-order valence-corrected chi connectivity index (χ2v) is 12.0. The molecule has 2 heterocycles. The van der Waals surface area contributed by atoms with Crippen molar-refractivity contribution in [2.75, 3.05) is 22.1 Å². The molecule has 0 unspecified atom stereocenters. The molecule has 0 aliphatic carbocycles. The first kappa shape index (κ1) is 25.3. The molecule has 1 aromatic heterocycles. The summed E-state index contributed by atoms with van der Waals surface area (Å²) in [6.45, 7) is 5.63. The molecule has 1 saturated heterocycles. The minimum absolute atomic E-state index is 0.0191. The van der Waals surface area contributed by atoms with Gasteiger partial charge in [0, 0.05) is 22.5 Å². The van der Waals surface area contributed by atoms with E-state index in [0.717, 1.165) is 28.1 Å². The van der Waals surface area contributed by atoms with Crippen molar-refractivity contribution in [3.05, 3.63) is 64.5 Å². The smallest absolute Gasteiger partial charge is 0.227 e. The van der Waals surface area contributed by atoms with Crippen molar-refractivity contribution in [1.82, 2.24) is 5.16 Å². The first-order chi connectivity index (χ1) is 16.6. The van der Waals surface area contributed by atoms with E-state index in [4.69, 9.17) is 16.1 Å². The van der Waals surface area contributed by atoms with Gasteiger partial charge in [0.15, 0.2) is 0 Å². The highest BCUT2D eigenvalue weighted by molar-refractivity contribution is 7.91. The maximum absolute atomic E-state index is 13.2. The average Bonchev–Trinajstić information content (AvgIpc) is 3.15. The van der Waals surface area contributed by atoms with Crippen molar-refractivity contribution in [1.29, 1.82) is 0 Å². The summed E-state index contributed by atoms with van der Waals surface area (Å²) in [6.07, 6.45) is 1.65. The molecular formula is C26H30ClN3O4S. The number of carbonyl (C=O) groups excluding carboxylic acids is 1. The maximum Gasteiger partial charge on any atom is 0.227 e. The Kier molecular flexibility index (Phi) is 7.52.